The minimum Gasteiger partial charge on any atom is -0.465 e. The Bertz CT molecular complexity index is 1190. The number of carbonyl (C=O) groups excluding carboxylic acids is 3. The van der Waals surface area contributed by atoms with Gasteiger partial charge >= 0.3 is 18.1 Å². The summed E-state index contributed by atoms with van der Waals surface area (Å²) >= 11 is 0. The number of nitrogens with zero attached hydrogens (tertiary/aromatic N) is 1. The smallest absolute Gasteiger partial charge is 0.465 e. The normalized spacial score (nSPS) is 14.9. The van der Waals surface area contributed by atoms with E-state index in [0.717, 1.165) is 142 Å². The Kier molecular flexibility index (Phi) is 38.4. The number of ether oxygens (including phenoxy) is 6. The van der Waals surface area contributed by atoms with Crippen LogP contribution in [-0.4, -0.2) is 88.6 Å². The number of carbonyl (C=O) groups is 3. The van der Waals surface area contributed by atoms with Gasteiger partial charge in [-0.2, -0.15) is 0 Å². The summed E-state index contributed by atoms with van der Waals surface area (Å²) in [6, 6.07) is 0. The molecule has 1 saturated heterocycles. The minimum absolute atomic E-state index is 0.0364. The van der Waals surface area contributed by atoms with Crippen LogP contribution in [0.4, 0.5) is 4.79 Å². The van der Waals surface area contributed by atoms with E-state index < -0.39 is 24.3 Å². The number of terminal acetylenes is 2. The van der Waals surface area contributed by atoms with Gasteiger partial charge in [-0.05, 0) is 90.1 Å². The molecule has 0 saturated carbocycles. The summed E-state index contributed by atoms with van der Waals surface area (Å²) < 4.78 is 34.2. The highest BCUT2D eigenvalue weighted by molar-refractivity contribution is 5.69. The van der Waals surface area contributed by atoms with Crippen molar-refractivity contribution in [3.63, 3.8) is 0 Å². The van der Waals surface area contributed by atoms with Gasteiger partial charge in [0.15, 0.2) is 6.29 Å². The number of hydrogen-bond donors (Lipinski definition) is 0. The average Bonchev–Trinajstić information content (AvgIpc) is 3.27. The first-order valence-electron chi connectivity index (χ1n) is 24.1. The van der Waals surface area contributed by atoms with E-state index in [9.17, 15) is 14.4 Å². The molecule has 1 fully saturated rings. The van der Waals surface area contributed by atoms with Gasteiger partial charge in [0, 0.05) is 51.4 Å². The molecule has 61 heavy (non-hydrogen) atoms. The van der Waals surface area contributed by atoms with Gasteiger partial charge in [0.05, 0.1) is 18.9 Å². The third-order valence-corrected chi connectivity index (χ3v) is 10.8. The molecule has 0 N–H and O–H groups in total. The molecule has 0 aliphatic carbocycles. The highest BCUT2D eigenvalue weighted by atomic mass is 16.7. The van der Waals surface area contributed by atoms with Crippen LogP contribution in [0.25, 0.3) is 0 Å². The molecule has 0 spiro atoms. The summed E-state index contributed by atoms with van der Waals surface area (Å²) in [5.41, 5.74) is 0. The Balaban J connectivity index is 2.55. The molecule has 2 atom stereocenters. The predicted molar refractivity (Wildman–Crippen MR) is 246 cm³/mol. The molecule has 348 valence electrons. The highest BCUT2D eigenvalue weighted by Crippen LogP contribution is 2.17. The Morgan fingerprint density at radius 3 is 1.84 bits per heavy atom. The van der Waals surface area contributed by atoms with Crippen molar-refractivity contribution in [3.05, 3.63) is 24.3 Å². The van der Waals surface area contributed by atoms with Gasteiger partial charge in [-0.15, -0.1) is 24.7 Å². The van der Waals surface area contributed by atoms with E-state index in [2.05, 4.69) is 54.9 Å². The van der Waals surface area contributed by atoms with E-state index in [0.29, 0.717) is 32.7 Å². The van der Waals surface area contributed by atoms with E-state index >= 15 is 0 Å². The number of piperidine rings is 1. The number of unbranched alkanes of at least 4 members (excludes halogenated alkanes) is 16. The lowest BCUT2D eigenvalue weighted by atomic mass is 9.99. The molecule has 0 amide bonds. The average molecular weight is 856 g/mol. The van der Waals surface area contributed by atoms with Crippen molar-refractivity contribution in [1.82, 2.24) is 4.90 Å². The van der Waals surface area contributed by atoms with Crippen molar-refractivity contribution in [1.29, 1.82) is 0 Å². The maximum Gasteiger partial charge on any atom is 0.508 e. The zero-order valence-electron chi connectivity index (χ0n) is 38.6. The summed E-state index contributed by atoms with van der Waals surface area (Å²) in [5.74, 6) is 4.34. The molecule has 0 aromatic heterocycles. The van der Waals surface area contributed by atoms with Crippen molar-refractivity contribution >= 4 is 18.1 Å². The van der Waals surface area contributed by atoms with Crippen LogP contribution in [0, 0.1) is 36.5 Å². The summed E-state index contributed by atoms with van der Waals surface area (Å²) in [5, 5.41) is 0. The summed E-state index contributed by atoms with van der Waals surface area (Å²) in [6.07, 6.45) is 42.9. The molecular formula is C51H85NO9. The summed E-state index contributed by atoms with van der Waals surface area (Å²) in [7, 11) is 0. The molecular weight excluding hydrogens is 771 g/mol. The molecule has 0 bridgehead atoms. The van der Waals surface area contributed by atoms with E-state index in [1.807, 2.05) is 0 Å². The summed E-state index contributed by atoms with van der Waals surface area (Å²) in [4.78, 5) is 40.6. The third-order valence-electron chi connectivity index (χ3n) is 10.8. The molecule has 10 heteroatoms. The van der Waals surface area contributed by atoms with Crippen molar-refractivity contribution in [2.45, 2.75) is 187 Å². The largest absolute Gasteiger partial charge is 0.508 e. The number of allylic oxidation sites excluding steroid dienone is 4. The second-order valence-corrected chi connectivity index (χ2v) is 16.4. The Morgan fingerprint density at radius 2 is 1.21 bits per heavy atom. The number of likely N-dealkylation sites (tertiary alicyclic amines) is 1. The topological polar surface area (TPSA) is 110 Å². The first kappa shape index (κ1) is 55.7. The zero-order valence-corrected chi connectivity index (χ0v) is 38.6. The molecule has 1 heterocycles. The fraction of sp³-hybridized carbons (Fsp3) is 0.784. The standard InChI is InChI=1S/C51H85NO9/c1-5-9-12-15-18-19-20-21-22-23-24-25-26-27-30-35-48(53)58-43-47(45-61-51(55)60-42-46-34-33-38-52(8-4)41-46)44-59-49(54)36-37-50(56-39-31-28-16-13-10-6-2)57-40-32-29-17-14-11-7-3/h2-3,18-19,21-22,46-47,50H,5,8-17,20,23-45H2,1,4H3/b19-18-,22-21-. The fourth-order valence-electron chi connectivity index (χ4n) is 7.02. The molecule has 0 radical (unpaired) electrons. The maximum atomic E-state index is 13.0. The molecule has 1 aliphatic rings. The lowest BCUT2D eigenvalue weighted by Crippen LogP contribution is -2.37. The van der Waals surface area contributed by atoms with Crippen molar-refractivity contribution < 1.29 is 42.8 Å². The van der Waals surface area contributed by atoms with Crippen LogP contribution in [0.15, 0.2) is 24.3 Å². The van der Waals surface area contributed by atoms with Crippen LogP contribution in [0.1, 0.15) is 181 Å². The minimum atomic E-state index is -0.773. The van der Waals surface area contributed by atoms with Crippen LogP contribution < -0.4 is 0 Å². The lowest BCUT2D eigenvalue weighted by Gasteiger charge is -2.31. The Hall–Kier alpha value is -3.31. The third kappa shape index (κ3) is 35.9. The van der Waals surface area contributed by atoms with E-state index in [1.165, 1.54) is 25.7 Å². The van der Waals surface area contributed by atoms with Crippen LogP contribution in [0.5, 0.6) is 0 Å². The quantitative estimate of drug-likeness (QED) is 0.0148. The SMILES string of the molecule is C#CCCCCCCOC(CCC(=O)OCC(COC(=O)CCCCCCC/C=C\C/C=C\CCCCC)COC(=O)OCC1CCCN(CC)C1)OCCCCCCC#C. The molecule has 2 unspecified atom stereocenters. The van der Waals surface area contributed by atoms with Gasteiger partial charge in [-0.25, -0.2) is 4.79 Å². The van der Waals surface area contributed by atoms with E-state index in [1.54, 1.807) is 0 Å². The molecule has 0 aromatic carbocycles. The number of esters is 2. The second-order valence-electron chi connectivity index (χ2n) is 16.4. The fourth-order valence-corrected chi connectivity index (χ4v) is 7.02. The Morgan fingerprint density at radius 1 is 0.656 bits per heavy atom. The maximum absolute atomic E-state index is 13.0. The van der Waals surface area contributed by atoms with Crippen LogP contribution in [0.3, 0.4) is 0 Å². The molecule has 0 aromatic rings. The molecule has 1 aliphatic heterocycles. The number of rotatable bonds is 40. The van der Waals surface area contributed by atoms with Crippen LogP contribution in [0.2, 0.25) is 0 Å². The zero-order chi connectivity index (χ0) is 44.3. The van der Waals surface area contributed by atoms with Gasteiger partial charge in [0.2, 0.25) is 0 Å². The van der Waals surface area contributed by atoms with E-state index in [4.69, 9.17) is 41.3 Å². The van der Waals surface area contributed by atoms with Crippen LogP contribution >= 0.6 is 0 Å². The predicted octanol–water partition coefficient (Wildman–Crippen LogP) is 11.7. The van der Waals surface area contributed by atoms with E-state index in [-0.39, 0.29) is 38.1 Å². The van der Waals surface area contributed by atoms with Gasteiger partial charge in [-0.1, -0.05) is 95.9 Å². The highest BCUT2D eigenvalue weighted by Gasteiger charge is 2.23. The Labute approximate surface area is 372 Å². The van der Waals surface area contributed by atoms with Gasteiger partial charge in [0.1, 0.15) is 19.8 Å². The first-order chi connectivity index (χ1) is 29.9. The van der Waals surface area contributed by atoms with Crippen molar-refractivity contribution in [3.8, 4) is 24.7 Å². The lowest BCUT2D eigenvalue weighted by molar-refractivity contribution is -0.161. The van der Waals surface area contributed by atoms with Gasteiger partial charge in [-0.3, -0.25) is 9.59 Å². The van der Waals surface area contributed by atoms with Crippen molar-refractivity contribution in [2.24, 2.45) is 11.8 Å². The molecule has 10 nitrogen and oxygen atoms in total. The monoisotopic (exact) mass is 856 g/mol. The van der Waals surface area contributed by atoms with Gasteiger partial charge in [0.25, 0.3) is 0 Å². The summed E-state index contributed by atoms with van der Waals surface area (Å²) in [6.45, 7) is 8.44. The second kappa shape index (κ2) is 42.0. The van der Waals surface area contributed by atoms with Gasteiger partial charge < -0.3 is 33.3 Å². The first-order valence-corrected chi connectivity index (χ1v) is 24.1. The van der Waals surface area contributed by atoms with Crippen molar-refractivity contribution in [2.75, 3.05) is 59.3 Å². The number of hydrogen-bond acceptors (Lipinski definition) is 10. The van der Waals surface area contributed by atoms with Crippen LogP contribution in [-0.2, 0) is 38.0 Å². The molecule has 1 rings (SSSR count).